The third-order valence-electron chi connectivity index (χ3n) is 3.86. The SMILES string of the molecule is Cn1ncnc1CC1(C(=O)O)CCOc2ccccc21. The average Bonchev–Trinajstić information content (AvgIpc) is 2.84. The van der Waals surface area contributed by atoms with E-state index in [9.17, 15) is 9.90 Å². The van der Waals surface area contributed by atoms with Gasteiger partial charge < -0.3 is 9.84 Å². The van der Waals surface area contributed by atoms with Gasteiger partial charge in [-0.1, -0.05) is 18.2 Å². The Morgan fingerprint density at radius 2 is 2.30 bits per heavy atom. The lowest BCUT2D eigenvalue weighted by atomic mass is 9.73. The molecule has 3 rings (SSSR count). The minimum absolute atomic E-state index is 0.305. The van der Waals surface area contributed by atoms with Gasteiger partial charge >= 0.3 is 5.97 Å². The molecule has 1 N–H and O–H groups in total. The number of ether oxygens (including phenoxy) is 1. The van der Waals surface area contributed by atoms with E-state index in [1.807, 2.05) is 24.3 Å². The van der Waals surface area contributed by atoms with Gasteiger partial charge in [0.05, 0.1) is 6.61 Å². The van der Waals surface area contributed by atoms with E-state index in [0.717, 1.165) is 0 Å². The Morgan fingerprint density at radius 1 is 1.50 bits per heavy atom. The van der Waals surface area contributed by atoms with Crippen LogP contribution in [0.5, 0.6) is 5.75 Å². The molecule has 0 aliphatic carbocycles. The number of carbonyl (C=O) groups is 1. The first-order valence-corrected chi connectivity index (χ1v) is 6.42. The zero-order chi connectivity index (χ0) is 14.2. The Balaban J connectivity index is 2.10. The van der Waals surface area contributed by atoms with Gasteiger partial charge in [0.1, 0.15) is 23.3 Å². The quantitative estimate of drug-likeness (QED) is 0.908. The van der Waals surface area contributed by atoms with Crippen LogP contribution < -0.4 is 4.74 Å². The smallest absolute Gasteiger partial charge is 0.314 e. The Bertz CT molecular complexity index is 653. The van der Waals surface area contributed by atoms with E-state index in [1.165, 1.54) is 6.33 Å². The molecule has 0 radical (unpaired) electrons. The second kappa shape index (κ2) is 4.63. The van der Waals surface area contributed by atoms with Gasteiger partial charge in [-0.3, -0.25) is 9.48 Å². The number of aromatic nitrogens is 3. The number of hydrogen-bond acceptors (Lipinski definition) is 4. The molecule has 2 aromatic rings. The van der Waals surface area contributed by atoms with Crippen molar-refractivity contribution in [1.29, 1.82) is 0 Å². The Hall–Kier alpha value is -2.37. The molecule has 1 aliphatic rings. The van der Waals surface area contributed by atoms with Crippen LogP contribution in [0.15, 0.2) is 30.6 Å². The third kappa shape index (κ3) is 1.84. The molecule has 1 aliphatic heterocycles. The van der Waals surface area contributed by atoms with Gasteiger partial charge in [-0.25, -0.2) is 4.98 Å². The molecule has 0 spiro atoms. The van der Waals surface area contributed by atoms with Gasteiger partial charge in [-0.05, 0) is 6.07 Å². The van der Waals surface area contributed by atoms with Gasteiger partial charge in [0.2, 0.25) is 0 Å². The zero-order valence-corrected chi connectivity index (χ0v) is 11.1. The lowest BCUT2D eigenvalue weighted by Crippen LogP contribution is -2.43. The van der Waals surface area contributed by atoms with Crippen molar-refractivity contribution in [2.45, 2.75) is 18.3 Å². The minimum Gasteiger partial charge on any atom is -0.493 e. The van der Waals surface area contributed by atoms with Crippen molar-refractivity contribution >= 4 is 5.97 Å². The largest absolute Gasteiger partial charge is 0.493 e. The topological polar surface area (TPSA) is 77.2 Å². The summed E-state index contributed by atoms with van der Waals surface area (Å²) >= 11 is 0. The predicted molar refractivity (Wildman–Crippen MR) is 70.6 cm³/mol. The van der Waals surface area contributed by atoms with Gasteiger partial charge in [0, 0.05) is 25.5 Å². The van der Waals surface area contributed by atoms with Crippen LogP contribution in [0.25, 0.3) is 0 Å². The van der Waals surface area contributed by atoms with Crippen molar-refractivity contribution in [3.05, 3.63) is 42.0 Å². The molecule has 0 amide bonds. The minimum atomic E-state index is -1.00. The maximum absolute atomic E-state index is 12.0. The monoisotopic (exact) mass is 273 g/mol. The summed E-state index contributed by atoms with van der Waals surface area (Å²) in [6, 6.07) is 7.31. The van der Waals surface area contributed by atoms with Gasteiger partial charge in [0.15, 0.2) is 0 Å². The molecule has 0 bridgehead atoms. The van der Waals surface area contributed by atoms with E-state index in [-0.39, 0.29) is 0 Å². The number of aryl methyl sites for hydroxylation is 1. The molecule has 104 valence electrons. The number of benzene rings is 1. The Morgan fingerprint density at radius 3 is 3.00 bits per heavy atom. The van der Waals surface area contributed by atoms with Gasteiger partial charge in [-0.15, -0.1) is 0 Å². The van der Waals surface area contributed by atoms with Crippen LogP contribution in [0.2, 0.25) is 0 Å². The lowest BCUT2D eigenvalue weighted by Gasteiger charge is -2.34. The predicted octanol–water partition coefficient (Wildman–Crippen LogP) is 1.16. The first-order chi connectivity index (χ1) is 9.63. The summed E-state index contributed by atoms with van der Waals surface area (Å²) in [5, 5.41) is 13.8. The van der Waals surface area contributed by atoms with Crippen LogP contribution in [-0.4, -0.2) is 32.4 Å². The van der Waals surface area contributed by atoms with Gasteiger partial charge in [0.25, 0.3) is 0 Å². The highest BCUT2D eigenvalue weighted by Crippen LogP contribution is 2.41. The molecule has 2 heterocycles. The van der Waals surface area contributed by atoms with E-state index < -0.39 is 11.4 Å². The van der Waals surface area contributed by atoms with E-state index in [0.29, 0.717) is 36.6 Å². The number of hydrogen-bond donors (Lipinski definition) is 1. The Labute approximate surface area is 116 Å². The van der Waals surface area contributed by atoms with Crippen molar-refractivity contribution in [1.82, 2.24) is 14.8 Å². The number of para-hydroxylation sites is 1. The summed E-state index contributed by atoms with van der Waals surface area (Å²) < 4.78 is 7.19. The third-order valence-corrected chi connectivity index (χ3v) is 3.86. The molecule has 1 aromatic carbocycles. The molecule has 0 saturated carbocycles. The molecule has 1 unspecified atom stereocenters. The number of fused-ring (bicyclic) bond motifs is 1. The normalized spacial score (nSPS) is 21.1. The zero-order valence-electron chi connectivity index (χ0n) is 11.1. The van der Waals surface area contributed by atoms with Crippen LogP contribution in [0.3, 0.4) is 0 Å². The Kier molecular flexibility index (Phi) is 2.93. The fourth-order valence-corrected chi connectivity index (χ4v) is 2.69. The summed E-state index contributed by atoms with van der Waals surface area (Å²) in [7, 11) is 1.77. The maximum atomic E-state index is 12.0. The summed E-state index contributed by atoms with van der Waals surface area (Å²) in [4.78, 5) is 16.1. The summed E-state index contributed by atoms with van der Waals surface area (Å²) in [5.74, 6) is 0.448. The summed E-state index contributed by atoms with van der Waals surface area (Å²) in [5.41, 5.74) is -0.294. The van der Waals surface area contributed by atoms with E-state index in [1.54, 1.807) is 11.7 Å². The fourth-order valence-electron chi connectivity index (χ4n) is 2.69. The molecule has 6 nitrogen and oxygen atoms in total. The number of carboxylic acid groups (broad SMARTS) is 1. The average molecular weight is 273 g/mol. The van der Waals surface area contributed by atoms with Crippen LogP contribution in [-0.2, 0) is 23.7 Å². The van der Waals surface area contributed by atoms with Crippen molar-refractivity contribution in [2.75, 3.05) is 6.61 Å². The molecule has 0 saturated heterocycles. The van der Waals surface area contributed by atoms with Crippen molar-refractivity contribution < 1.29 is 14.6 Å². The highest BCUT2D eigenvalue weighted by Gasteiger charge is 2.45. The van der Waals surface area contributed by atoms with Crippen molar-refractivity contribution in [3.8, 4) is 5.75 Å². The number of carboxylic acids is 1. The molecular formula is C14H15N3O3. The highest BCUT2D eigenvalue weighted by atomic mass is 16.5. The second-order valence-corrected chi connectivity index (χ2v) is 4.96. The standard InChI is InChI=1S/C14H15N3O3/c1-17-12(15-9-16-17)8-14(13(18)19)6-7-20-11-5-3-2-4-10(11)14/h2-5,9H,6-8H2,1H3,(H,18,19). The maximum Gasteiger partial charge on any atom is 0.314 e. The summed E-state index contributed by atoms with van der Waals surface area (Å²) in [6.45, 7) is 0.390. The van der Waals surface area contributed by atoms with Gasteiger partial charge in [-0.2, -0.15) is 5.10 Å². The van der Waals surface area contributed by atoms with Crippen molar-refractivity contribution in [2.24, 2.45) is 7.05 Å². The number of nitrogens with zero attached hydrogens (tertiary/aromatic N) is 3. The number of rotatable bonds is 3. The highest BCUT2D eigenvalue weighted by molar-refractivity contribution is 5.83. The van der Waals surface area contributed by atoms with E-state index in [2.05, 4.69) is 10.1 Å². The molecule has 1 aromatic heterocycles. The second-order valence-electron chi connectivity index (χ2n) is 4.96. The van der Waals surface area contributed by atoms with Crippen LogP contribution in [0.4, 0.5) is 0 Å². The van der Waals surface area contributed by atoms with Crippen LogP contribution in [0, 0.1) is 0 Å². The number of aliphatic carboxylic acids is 1. The van der Waals surface area contributed by atoms with Crippen LogP contribution >= 0.6 is 0 Å². The molecule has 1 atom stereocenters. The van der Waals surface area contributed by atoms with Crippen molar-refractivity contribution in [3.63, 3.8) is 0 Å². The van der Waals surface area contributed by atoms with Crippen LogP contribution in [0.1, 0.15) is 17.8 Å². The van der Waals surface area contributed by atoms with E-state index in [4.69, 9.17) is 4.74 Å². The fraction of sp³-hybridized carbons (Fsp3) is 0.357. The molecule has 6 heteroatoms. The molecule has 20 heavy (non-hydrogen) atoms. The lowest BCUT2D eigenvalue weighted by molar-refractivity contribution is -0.145. The first-order valence-electron chi connectivity index (χ1n) is 6.42. The molecular weight excluding hydrogens is 258 g/mol. The summed E-state index contributed by atoms with van der Waals surface area (Å²) in [6.07, 6.45) is 2.17. The van der Waals surface area contributed by atoms with E-state index >= 15 is 0 Å². The molecule has 0 fully saturated rings. The first kappa shape index (κ1) is 12.7.